The van der Waals surface area contributed by atoms with Gasteiger partial charge in [-0.05, 0) is 44.2 Å². The molecule has 2 aromatic rings. The maximum absolute atomic E-state index is 12.0. The van der Waals surface area contributed by atoms with Crippen LogP contribution in [0.2, 0.25) is 0 Å². The van der Waals surface area contributed by atoms with Crippen LogP contribution in [0.1, 0.15) is 52.2 Å². The molecule has 0 amide bonds. The number of hydrogen-bond donors (Lipinski definition) is 2. The molecule has 0 unspecified atom stereocenters. The lowest BCUT2D eigenvalue weighted by Crippen LogP contribution is -2.55. The normalized spacial score (nSPS) is 14.0. The molecule has 0 aliphatic heterocycles. The van der Waals surface area contributed by atoms with E-state index < -0.39 is 5.60 Å². The van der Waals surface area contributed by atoms with Crippen molar-refractivity contribution in [3.63, 3.8) is 0 Å². The Hall–Kier alpha value is -1.64. The van der Waals surface area contributed by atoms with Crippen molar-refractivity contribution >= 4 is 0 Å². The van der Waals surface area contributed by atoms with E-state index in [9.17, 15) is 5.11 Å². The number of nitrogens with one attached hydrogen (secondary N) is 1. The molecule has 0 bridgehead atoms. The van der Waals surface area contributed by atoms with Crippen LogP contribution in [-0.2, 0) is 5.60 Å². The van der Waals surface area contributed by atoms with E-state index in [2.05, 4.69) is 39.9 Å². The Kier molecular flexibility index (Phi) is 5.84. The lowest BCUT2D eigenvalue weighted by Gasteiger charge is -2.42. The highest BCUT2D eigenvalue weighted by Gasteiger charge is 2.41. The topological polar surface area (TPSA) is 32.3 Å². The SMILES string of the molecule is CC(C)C[C@H](NC(C)(C)C)C(O)(c1ccccc1)c1ccccc1. The zero-order chi connectivity index (χ0) is 17.8. The second kappa shape index (κ2) is 7.50. The molecule has 2 heteroatoms. The van der Waals surface area contributed by atoms with E-state index in [1.807, 2.05) is 60.7 Å². The van der Waals surface area contributed by atoms with Gasteiger partial charge in [-0.1, -0.05) is 74.5 Å². The Bertz CT molecular complexity index is 574. The molecule has 2 nitrogen and oxygen atoms in total. The molecule has 130 valence electrons. The fourth-order valence-electron chi connectivity index (χ4n) is 3.28. The van der Waals surface area contributed by atoms with Crippen molar-refractivity contribution in [2.45, 2.75) is 58.2 Å². The first-order valence-corrected chi connectivity index (χ1v) is 8.84. The minimum Gasteiger partial charge on any atom is -0.379 e. The zero-order valence-electron chi connectivity index (χ0n) is 15.6. The summed E-state index contributed by atoms with van der Waals surface area (Å²) in [6.07, 6.45) is 0.886. The van der Waals surface area contributed by atoms with Gasteiger partial charge in [0, 0.05) is 11.6 Å². The number of hydrogen-bond acceptors (Lipinski definition) is 2. The highest BCUT2D eigenvalue weighted by molar-refractivity contribution is 5.38. The summed E-state index contributed by atoms with van der Waals surface area (Å²) in [5.41, 5.74) is 0.703. The standard InChI is InChI=1S/C22H31NO/c1-17(2)16-20(23-21(3,4)5)22(24,18-12-8-6-9-13-18)19-14-10-7-11-15-19/h6-15,17,20,23-24H,16H2,1-5H3/t20-/m0/s1. The van der Waals surface area contributed by atoms with Gasteiger partial charge in [0.1, 0.15) is 5.60 Å². The molecule has 2 N–H and O–H groups in total. The summed E-state index contributed by atoms with van der Waals surface area (Å²) in [7, 11) is 0. The van der Waals surface area contributed by atoms with Crippen LogP contribution >= 0.6 is 0 Å². The van der Waals surface area contributed by atoms with E-state index in [1.165, 1.54) is 0 Å². The van der Waals surface area contributed by atoms with Crippen LogP contribution in [0.25, 0.3) is 0 Å². The summed E-state index contributed by atoms with van der Waals surface area (Å²) in [6.45, 7) is 10.9. The van der Waals surface area contributed by atoms with E-state index in [-0.39, 0.29) is 11.6 Å². The highest BCUT2D eigenvalue weighted by Crippen LogP contribution is 2.36. The maximum Gasteiger partial charge on any atom is 0.130 e. The molecule has 0 spiro atoms. The van der Waals surface area contributed by atoms with Crippen molar-refractivity contribution < 1.29 is 5.11 Å². The molecule has 24 heavy (non-hydrogen) atoms. The molecule has 0 aliphatic rings. The third-order valence-corrected chi connectivity index (χ3v) is 4.25. The minimum atomic E-state index is -1.07. The first kappa shape index (κ1) is 18.7. The van der Waals surface area contributed by atoms with Crippen LogP contribution < -0.4 is 5.32 Å². The van der Waals surface area contributed by atoms with Gasteiger partial charge in [0.15, 0.2) is 0 Å². The molecular formula is C22H31NO. The molecular weight excluding hydrogens is 294 g/mol. The molecule has 1 atom stereocenters. The first-order valence-electron chi connectivity index (χ1n) is 8.84. The zero-order valence-corrected chi connectivity index (χ0v) is 15.6. The lowest BCUT2D eigenvalue weighted by molar-refractivity contribution is 0.0189. The third kappa shape index (κ3) is 4.46. The van der Waals surface area contributed by atoms with Gasteiger partial charge in [-0.3, -0.25) is 0 Å². The lowest BCUT2D eigenvalue weighted by atomic mass is 9.76. The molecule has 0 saturated heterocycles. The average Bonchev–Trinajstić information content (AvgIpc) is 2.53. The predicted octanol–water partition coefficient (Wildman–Crippen LogP) is 4.73. The molecule has 0 aliphatic carbocycles. The predicted molar refractivity (Wildman–Crippen MR) is 102 cm³/mol. The van der Waals surface area contributed by atoms with E-state index >= 15 is 0 Å². The Balaban J connectivity index is 2.58. The molecule has 0 fully saturated rings. The molecule has 0 aromatic heterocycles. The molecule has 0 saturated carbocycles. The third-order valence-electron chi connectivity index (χ3n) is 4.25. The second-order valence-electron chi connectivity index (χ2n) is 8.07. The molecule has 2 aromatic carbocycles. The summed E-state index contributed by atoms with van der Waals surface area (Å²) in [6, 6.07) is 19.9. The fourth-order valence-corrected chi connectivity index (χ4v) is 3.28. The van der Waals surface area contributed by atoms with Crippen molar-refractivity contribution in [3.8, 4) is 0 Å². The van der Waals surface area contributed by atoms with Crippen LogP contribution in [-0.4, -0.2) is 16.7 Å². The maximum atomic E-state index is 12.0. The van der Waals surface area contributed by atoms with Crippen LogP contribution in [0.15, 0.2) is 60.7 Å². The summed E-state index contributed by atoms with van der Waals surface area (Å²) >= 11 is 0. The largest absolute Gasteiger partial charge is 0.379 e. The van der Waals surface area contributed by atoms with Crippen LogP contribution in [0, 0.1) is 5.92 Å². The van der Waals surface area contributed by atoms with Crippen LogP contribution in [0.3, 0.4) is 0 Å². The van der Waals surface area contributed by atoms with E-state index in [1.54, 1.807) is 0 Å². The van der Waals surface area contributed by atoms with Gasteiger partial charge in [-0.15, -0.1) is 0 Å². The number of aliphatic hydroxyl groups is 1. The number of benzene rings is 2. The quantitative estimate of drug-likeness (QED) is 0.805. The first-order chi connectivity index (χ1) is 11.2. The monoisotopic (exact) mass is 325 g/mol. The van der Waals surface area contributed by atoms with Gasteiger partial charge in [-0.25, -0.2) is 0 Å². The van der Waals surface area contributed by atoms with Crippen LogP contribution in [0.4, 0.5) is 0 Å². The van der Waals surface area contributed by atoms with E-state index in [0.717, 1.165) is 17.5 Å². The summed E-state index contributed by atoms with van der Waals surface area (Å²) in [4.78, 5) is 0. The van der Waals surface area contributed by atoms with Crippen molar-refractivity contribution in [1.29, 1.82) is 0 Å². The summed E-state index contributed by atoms with van der Waals surface area (Å²) in [5, 5.41) is 15.6. The molecule has 2 rings (SSSR count). The Morgan fingerprint density at radius 1 is 0.833 bits per heavy atom. The number of rotatable bonds is 6. The average molecular weight is 325 g/mol. The smallest absolute Gasteiger partial charge is 0.130 e. The fraction of sp³-hybridized carbons (Fsp3) is 0.455. The summed E-state index contributed by atoms with van der Waals surface area (Å²) in [5.74, 6) is 0.476. The summed E-state index contributed by atoms with van der Waals surface area (Å²) < 4.78 is 0. The Morgan fingerprint density at radius 3 is 1.58 bits per heavy atom. The van der Waals surface area contributed by atoms with Crippen LogP contribution in [0.5, 0.6) is 0 Å². The Morgan fingerprint density at radius 2 is 1.25 bits per heavy atom. The minimum absolute atomic E-state index is 0.0812. The van der Waals surface area contributed by atoms with Crippen molar-refractivity contribution in [3.05, 3.63) is 71.8 Å². The van der Waals surface area contributed by atoms with E-state index in [4.69, 9.17) is 0 Å². The van der Waals surface area contributed by atoms with Gasteiger partial charge in [0.05, 0.1) is 0 Å². The van der Waals surface area contributed by atoms with Gasteiger partial charge in [-0.2, -0.15) is 0 Å². The Labute approximate surface area is 146 Å². The van der Waals surface area contributed by atoms with Crippen molar-refractivity contribution in [1.82, 2.24) is 5.32 Å². The highest BCUT2D eigenvalue weighted by atomic mass is 16.3. The van der Waals surface area contributed by atoms with Gasteiger partial charge >= 0.3 is 0 Å². The van der Waals surface area contributed by atoms with Gasteiger partial charge < -0.3 is 10.4 Å². The molecule has 0 heterocycles. The second-order valence-corrected chi connectivity index (χ2v) is 8.07. The van der Waals surface area contributed by atoms with Gasteiger partial charge in [0.25, 0.3) is 0 Å². The van der Waals surface area contributed by atoms with Crippen molar-refractivity contribution in [2.24, 2.45) is 5.92 Å². The molecule has 0 radical (unpaired) electrons. The van der Waals surface area contributed by atoms with Gasteiger partial charge in [0.2, 0.25) is 0 Å². The van der Waals surface area contributed by atoms with Crippen molar-refractivity contribution in [2.75, 3.05) is 0 Å². The van der Waals surface area contributed by atoms with E-state index in [0.29, 0.717) is 5.92 Å².